The van der Waals surface area contributed by atoms with Gasteiger partial charge >= 0.3 is 0 Å². The Bertz CT molecular complexity index is 369. The van der Waals surface area contributed by atoms with Crippen LogP contribution in [0.1, 0.15) is 54.9 Å². The van der Waals surface area contributed by atoms with Crippen LogP contribution >= 0.6 is 0 Å². The van der Waals surface area contributed by atoms with E-state index in [0.29, 0.717) is 12.3 Å². The Balaban J connectivity index is 2.59. The fourth-order valence-corrected chi connectivity index (χ4v) is 1.79. The lowest BCUT2D eigenvalue weighted by atomic mass is 10.0. The monoisotopic (exact) mass is 219 g/mol. The van der Waals surface area contributed by atoms with E-state index in [-0.39, 0.29) is 5.78 Å². The molecule has 1 aromatic heterocycles. The molecule has 0 fully saturated rings. The fourth-order valence-electron chi connectivity index (χ4n) is 1.79. The maximum atomic E-state index is 11.9. The van der Waals surface area contributed by atoms with Gasteiger partial charge in [0.05, 0.1) is 0 Å². The van der Waals surface area contributed by atoms with Crippen molar-refractivity contribution in [1.29, 1.82) is 0 Å². The highest BCUT2D eigenvalue weighted by atomic mass is 16.1. The first kappa shape index (κ1) is 12.9. The van der Waals surface area contributed by atoms with E-state index in [1.807, 2.05) is 26.0 Å². The second-order valence-electron chi connectivity index (χ2n) is 4.79. The van der Waals surface area contributed by atoms with Crippen molar-refractivity contribution in [2.24, 2.45) is 5.92 Å². The molecular formula is C14H21NO. The molecule has 0 aromatic carbocycles. The largest absolute Gasteiger partial charge is 0.294 e. The van der Waals surface area contributed by atoms with Gasteiger partial charge in [-0.1, -0.05) is 20.3 Å². The van der Waals surface area contributed by atoms with Crippen molar-refractivity contribution in [2.75, 3.05) is 0 Å². The minimum Gasteiger partial charge on any atom is -0.294 e. The normalized spacial score (nSPS) is 10.8. The Morgan fingerprint density at radius 3 is 2.56 bits per heavy atom. The summed E-state index contributed by atoms with van der Waals surface area (Å²) in [6.45, 7) is 8.22. The lowest BCUT2D eigenvalue weighted by Gasteiger charge is -2.06. The molecule has 0 amide bonds. The van der Waals surface area contributed by atoms with Crippen LogP contribution in [-0.2, 0) is 0 Å². The second-order valence-corrected chi connectivity index (χ2v) is 4.79. The number of pyridine rings is 1. The van der Waals surface area contributed by atoms with Gasteiger partial charge in [-0.15, -0.1) is 0 Å². The molecule has 0 aliphatic heterocycles. The minimum absolute atomic E-state index is 0.227. The van der Waals surface area contributed by atoms with Gasteiger partial charge < -0.3 is 0 Å². The third-order valence-electron chi connectivity index (χ3n) is 2.71. The van der Waals surface area contributed by atoms with E-state index >= 15 is 0 Å². The van der Waals surface area contributed by atoms with Gasteiger partial charge in [0, 0.05) is 23.4 Å². The molecule has 0 saturated heterocycles. The van der Waals surface area contributed by atoms with Gasteiger partial charge in [-0.05, 0) is 38.3 Å². The number of nitrogens with zero attached hydrogens (tertiary/aromatic N) is 1. The lowest BCUT2D eigenvalue weighted by Crippen LogP contribution is -2.04. The summed E-state index contributed by atoms with van der Waals surface area (Å²) in [5, 5.41) is 0. The third-order valence-corrected chi connectivity index (χ3v) is 2.71. The molecule has 16 heavy (non-hydrogen) atoms. The number of hydrogen-bond acceptors (Lipinski definition) is 2. The molecule has 1 heterocycles. The first-order chi connectivity index (χ1) is 7.50. The first-order valence-corrected chi connectivity index (χ1v) is 5.98. The molecule has 2 heteroatoms. The molecule has 88 valence electrons. The molecule has 0 unspecified atom stereocenters. The summed E-state index contributed by atoms with van der Waals surface area (Å²) in [7, 11) is 0. The van der Waals surface area contributed by atoms with Crippen molar-refractivity contribution in [3.05, 3.63) is 29.1 Å². The van der Waals surface area contributed by atoms with E-state index in [2.05, 4.69) is 18.8 Å². The van der Waals surface area contributed by atoms with Crippen molar-refractivity contribution in [3.63, 3.8) is 0 Å². The van der Waals surface area contributed by atoms with Crippen LogP contribution in [0.15, 0.2) is 12.1 Å². The number of carbonyl (C=O) groups is 1. The van der Waals surface area contributed by atoms with Crippen LogP contribution in [-0.4, -0.2) is 10.8 Å². The van der Waals surface area contributed by atoms with Crippen molar-refractivity contribution in [2.45, 2.75) is 47.0 Å². The molecule has 0 spiro atoms. The Morgan fingerprint density at radius 2 is 2.00 bits per heavy atom. The summed E-state index contributed by atoms with van der Waals surface area (Å²) in [5.41, 5.74) is 2.61. The predicted octanol–water partition coefficient (Wildman–Crippen LogP) is 3.71. The number of carbonyl (C=O) groups excluding carboxylic acids is 1. The number of rotatable bonds is 5. The Labute approximate surface area is 98.1 Å². The zero-order valence-corrected chi connectivity index (χ0v) is 10.7. The molecule has 1 rings (SSSR count). The summed E-state index contributed by atoms with van der Waals surface area (Å²) < 4.78 is 0. The van der Waals surface area contributed by atoms with Gasteiger partial charge in [0.25, 0.3) is 0 Å². The molecule has 1 aromatic rings. The first-order valence-electron chi connectivity index (χ1n) is 5.98. The van der Waals surface area contributed by atoms with E-state index in [1.54, 1.807) is 0 Å². The van der Waals surface area contributed by atoms with Crippen LogP contribution in [0.2, 0.25) is 0 Å². The summed E-state index contributed by atoms with van der Waals surface area (Å²) in [6, 6.07) is 3.80. The minimum atomic E-state index is 0.227. The van der Waals surface area contributed by atoms with E-state index < -0.39 is 0 Å². The van der Waals surface area contributed by atoms with Crippen LogP contribution in [0.5, 0.6) is 0 Å². The summed E-state index contributed by atoms with van der Waals surface area (Å²) in [6.07, 6.45) is 2.73. The van der Waals surface area contributed by atoms with Crippen LogP contribution in [0, 0.1) is 19.8 Å². The third kappa shape index (κ3) is 3.76. The maximum absolute atomic E-state index is 11.9. The second kappa shape index (κ2) is 5.78. The molecule has 0 bridgehead atoms. The van der Waals surface area contributed by atoms with E-state index in [0.717, 1.165) is 29.8 Å². The quantitative estimate of drug-likeness (QED) is 0.707. The van der Waals surface area contributed by atoms with Crippen LogP contribution < -0.4 is 0 Å². The zero-order chi connectivity index (χ0) is 12.1. The Morgan fingerprint density at radius 1 is 1.31 bits per heavy atom. The molecule has 0 radical (unpaired) electrons. The van der Waals surface area contributed by atoms with Crippen molar-refractivity contribution in [1.82, 2.24) is 4.98 Å². The lowest BCUT2D eigenvalue weighted by molar-refractivity contribution is 0.0977. The summed E-state index contributed by atoms with van der Waals surface area (Å²) >= 11 is 0. The molecule has 0 atom stereocenters. The Hall–Kier alpha value is -1.18. The number of Topliss-reactive ketones (excluding diaryl/α,β-unsaturated/α-hetero) is 1. The van der Waals surface area contributed by atoms with Gasteiger partial charge in [0.1, 0.15) is 0 Å². The molecular weight excluding hydrogens is 198 g/mol. The molecule has 0 N–H and O–H groups in total. The molecule has 2 nitrogen and oxygen atoms in total. The van der Waals surface area contributed by atoms with Crippen molar-refractivity contribution >= 4 is 5.78 Å². The highest BCUT2D eigenvalue weighted by molar-refractivity contribution is 5.96. The predicted molar refractivity (Wildman–Crippen MR) is 66.7 cm³/mol. The SMILES string of the molecule is Cc1ccc(C(=O)CCCC(C)C)c(C)n1. The van der Waals surface area contributed by atoms with E-state index in [4.69, 9.17) is 0 Å². The van der Waals surface area contributed by atoms with Gasteiger partial charge in [0.2, 0.25) is 0 Å². The van der Waals surface area contributed by atoms with E-state index in [1.165, 1.54) is 0 Å². The zero-order valence-electron chi connectivity index (χ0n) is 10.7. The summed E-state index contributed by atoms with van der Waals surface area (Å²) in [4.78, 5) is 16.2. The number of aromatic nitrogens is 1. The summed E-state index contributed by atoms with van der Waals surface area (Å²) in [5.74, 6) is 0.899. The smallest absolute Gasteiger partial charge is 0.164 e. The topological polar surface area (TPSA) is 30.0 Å². The van der Waals surface area contributed by atoms with Crippen LogP contribution in [0.4, 0.5) is 0 Å². The molecule has 0 saturated carbocycles. The van der Waals surface area contributed by atoms with Crippen molar-refractivity contribution in [3.8, 4) is 0 Å². The average Bonchev–Trinajstić information content (AvgIpc) is 2.16. The molecule has 0 aliphatic carbocycles. The van der Waals surface area contributed by atoms with Gasteiger partial charge in [0.15, 0.2) is 5.78 Å². The fraction of sp³-hybridized carbons (Fsp3) is 0.571. The standard InChI is InChI=1S/C14H21NO/c1-10(2)6-5-7-14(16)13-9-8-11(3)15-12(13)4/h8-10H,5-7H2,1-4H3. The Kier molecular flexibility index (Phi) is 4.66. The highest BCUT2D eigenvalue weighted by Crippen LogP contribution is 2.13. The maximum Gasteiger partial charge on any atom is 0.164 e. The number of ketones is 1. The van der Waals surface area contributed by atoms with Crippen LogP contribution in [0.25, 0.3) is 0 Å². The van der Waals surface area contributed by atoms with Gasteiger partial charge in [-0.25, -0.2) is 0 Å². The average molecular weight is 219 g/mol. The van der Waals surface area contributed by atoms with Gasteiger partial charge in [-0.3, -0.25) is 9.78 Å². The number of hydrogen-bond donors (Lipinski definition) is 0. The van der Waals surface area contributed by atoms with Gasteiger partial charge in [-0.2, -0.15) is 0 Å². The van der Waals surface area contributed by atoms with Crippen molar-refractivity contribution < 1.29 is 4.79 Å². The van der Waals surface area contributed by atoms with Crippen LogP contribution in [0.3, 0.4) is 0 Å². The highest BCUT2D eigenvalue weighted by Gasteiger charge is 2.09. The number of aryl methyl sites for hydroxylation is 2. The van der Waals surface area contributed by atoms with E-state index in [9.17, 15) is 4.79 Å². The molecule has 0 aliphatic rings.